The quantitative estimate of drug-likeness (QED) is 0.655. The van der Waals surface area contributed by atoms with Crippen molar-refractivity contribution in [2.45, 2.75) is 58.0 Å². The van der Waals surface area contributed by atoms with Gasteiger partial charge in [0.1, 0.15) is 11.4 Å². The molecule has 0 bridgehead atoms. The van der Waals surface area contributed by atoms with E-state index in [9.17, 15) is 4.79 Å². The van der Waals surface area contributed by atoms with Crippen molar-refractivity contribution in [1.82, 2.24) is 20.0 Å². The summed E-state index contributed by atoms with van der Waals surface area (Å²) in [5.74, 6) is 0.800. The zero-order valence-corrected chi connectivity index (χ0v) is 18.0. The molecule has 1 saturated carbocycles. The third kappa shape index (κ3) is 6.32. The summed E-state index contributed by atoms with van der Waals surface area (Å²) < 4.78 is 7.51. The van der Waals surface area contributed by atoms with Gasteiger partial charge in [-0.1, -0.05) is 31.4 Å². The van der Waals surface area contributed by atoms with E-state index in [1.54, 1.807) is 17.8 Å². The molecule has 1 aliphatic carbocycles. The SMILES string of the molecule is Cc1cc(C(=O)NCCCOc2cccc(CN(C)C3CCCCC3)c2)n(C)n1. The minimum Gasteiger partial charge on any atom is -0.494 e. The molecule has 1 aromatic heterocycles. The lowest BCUT2D eigenvalue weighted by Gasteiger charge is -2.31. The lowest BCUT2D eigenvalue weighted by molar-refractivity contribution is 0.0942. The maximum atomic E-state index is 12.2. The van der Waals surface area contributed by atoms with E-state index in [0.717, 1.165) is 24.4 Å². The average molecular weight is 399 g/mol. The molecule has 158 valence electrons. The van der Waals surface area contributed by atoms with Crippen LogP contribution < -0.4 is 10.1 Å². The number of carbonyl (C=O) groups excluding carboxylic acids is 1. The van der Waals surface area contributed by atoms with Gasteiger partial charge in [-0.15, -0.1) is 0 Å². The van der Waals surface area contributed by atoms with Crippen LogP contribution in [0.3, 0.4) is 0 Å². The number of benzene rings is 1. The monoisotopic (exact) mass is 398 g/mol. The van der Waals surface area contributed by atoms with Crippen LogP contribution in [-0.2, 0) is 13.6 Å². The second kappa shape index (κ2) is 10.4. The van der Waals surface area contributed by atoms with Crippen LogP contribution in [0.1, 0.15) is 60.3 Å². The van der Waals surface area contributed by atoms with E-state index in [0.29, 0.717) is 24.9 Å². The summed E-state index contributed by atoms with van der Waals surface area (Å²) in [4.78, 5) is 14.7. The molecule has 6 heteroatoms. The number of nitrogens with zero attached hydrogens (tertiary/aromatic N) is 3. The van der Waals surface area contributed by atoms with Gasteiger partial charge in [-0.2, -0.15) is 5.10 Å². The van der Waals surface area contributed by atoms with E-state index >= 15 is 0 Å². The van der Waals surface area contributed by atoms with E-state index in [4.69, 9.17) is 4.74 Å². The molecule has 1 heterocycles. The van der Waals surface area contributed by atoms with E-state index < -0.39 is 0 Å². The van der Waals surface area contributed by atoms with Crippen molar-refractivity contribution < 1.29 is 9.53 Å². The van der Waals surface area contributed by atoms with Crippen LogP contribution in [0.2, 0.25) is 0 Å². The number of nitrogens with one attached hydrogen (secondary N) is 1. The average Bonchev–Trinajstić information content (AvgIpc) is 3.06. The zero-order chi connectivity index (χ0) is 20.6. The first-order chi connectivity index (χ1) is 14.0. The molecule has 1 amide bonds. The van der Waals surface area contributed by atoms with Crippen LogP contribution in [0, 0.1) is 6.92 Å². The fraction of sp³-hybridized carbons (Fsp3) is 0.565. The summed E-state index contributed by atoms with van der Waals surface area (Å²) in [5, 5.41) is 7.13. The maximum Gasteiger partial charge on any atom is 0.269 e. The normalized spacial score (nSPS) is 14.9. The third-order valence-corrected chi connectivity index (χ3v) is 5.64. The fourth-order valence-electron chi connectivity index (χ4n) is 4.05. The fourth-order valence-corrected chi connectivity index (χ4v) is 4.05. The van der Waals surface area contributed by atoms with Gasteiger partial charge in [0.25, 0.3) is 5.91 Å². The second-order valence-corrected chi connectivity index (χ2v) is 8.11. The molecule has 0 radical (unpaired) electrons. The number of hydrogen-bond donors (Lipinski definition) is 1. The van der Waals surface area contributed by atoms with Crippen LogP contribution >= 0.6 is 0 Å². The lowest BCUT2D eigenvalue weighted by atomic mass is 9.94. The number of aromatic nitrogens is 2. The topological polar surface area (TPSA) is 59.4 Å². The highest BCUT2D eigenvalue weighted by molar-refractivity contribution is 5.92. The largest absolute Gasteiger partial charge is 0.494 e. The van der Waals surface area contributed by atoms with E-state index in [2.05, 4.69) is 40.6 Å². The molecule has 1 aromatic carbocycles. The first kappa shape index (κ1) is 21.4. The van der Waals surface area contributed by atoms with E-state index in [-0.39, 0.29) is 5.91 Å². The first-order valence-corrected chi connectivity index (χ1v) is 10.7. The van der Waals surface area contributed by atoms with Gasteiger partial charge in [-0.05, 0) is 57.0 Å². The summed E-state index contributed by atoms with van der Waals surface area (Å²) in [7, 11) is 4.01. The number of aryl methyl sites for hydroxylation is 2. The van der Waals surface area contributed by atoms with Crippen molar-refractivity contribution in [2.24, 2.45) is 7.05 Å². The molecule has 0 saturated heterocycles. The standard InChI is InChI=1S/C23H34N4O2/c1-18-15-22(27(3)25-18)23(28)24-13-8-14-29-21-12-7-9-19(16-21)17-26(2)20-10-5-4-6-11-20/h7,9,12,15-16,20H,4-6,8,10-11,13-14,17H2,1-3H3,(H,24,28). The Hall–Kier alpha value is -2.34. The smallest absolute Gasteiger partial charge is 0.269 e. The van der Waals surface area contributed by atoms with Crippen LogP contribution in [0.5, 0.6) is 5.75 Å². The zero-order valence-electron chi connectivity index (χ0n) is 18.0. The molecule has 0 unspecified atom stereocenters. The Bertz CT molecular complexity index is 796. The summed E-state index contributed by atoms with van der Waals surface area (Å²) in [5.41, 5.74) is 2.71. The number of hydrogen-bond acceptors (Lipinski definition) is 4. The van der Waals surface area contributed by atoms with Gasteiger partial charge >= 0.3 is 0 Å². The number of ether oxygens (including phenoxy) is 1. The molecule has 1 aliphatic rings. The minimum absolute atomic E-state index is 0.0964. The summed E-state index contributed by atoms with van der Waals surface area (Å²) in [6.45, 7) is 3.99. The van der Waals surface area contributed by atoms with Crippen LogP contribution in [0.15, 0.2) is 30.3 Å². The molecule has 2 aromatic rings. The van der Waals surface area contributed by atoms with Gasteiger partial charge < -0.3 is 10.1 Å². The highest BCUT2D eigenvalue weighted by Gasteiger charge is 2.18. The Kier molecular flexibility index (Phi) is 7.69. The Morgan fingerprint density at radius 1 is 1.28 bits per heavy atom. The Labute approximate surface area is 174 Å². The number of amides is 1. The molecule has 0 aliphatic heterocycles. The molecule has 1 N–H and O–H groups in total. The first-order valence-electron chi connectivity index (χ1n) is 10.7. The van der Waals surface area contributed by atoms with Gasteiger partial charge in [0.15, 0.2) is 0 Å². The lowest BCUT2D eigenvalue weighted by Crippen LogP contribution is -2.32. The van der Waals surface area contributed by atoms with Gasteiger partial charge in [0, 0.05) is 26.2 Å². The van der Waals surface area contributed by atoms with Crippen LogP contribution in [-0.4, -0.2) is 46.8 Å². The molecule has 6 nitrogen and oxygen atoms in total. The van der Waals surface area contributed by atoms with Crippen molar-refractivity contribution in [2.75, 3.05) is 20.2 Å². The molecular weight excluding hydrogens is 364 g/mol. The van der Waals surface area contributed by atoms with Gasteiger partial charge in [-0.25, -0.2) is 0 Å². The summed E-state index contributed by atoms with van der Waals surface area (Å²) in [6.07, 6.45) is 7.49. The van der Waals surface area contributed by atoms with Crippen LogP contribution in [0.4, 0.5) is 0 Å². The maximum absolute atomic E-state index is 12.2. The van der Waals surface area contributed by atoms with Gasteiger partial charge in [-0.3, -0.25) is 14.4 Å². The van der Waals surface area contributed by atoms with Crippen molar-refractivity contribution in [3.8, 4) is 5.75 Å². The van der Waals surface area contributed by atoms with Crippen molar-refractivity contribution in [3.63, 3.8) is 0 Å². The highest BCUT2D eigenvalue weighted by Crippen LogP contribution is 2.23. The molecule has 29 heavy (non-hydrogen) atoms. The second-order valence-electron chi connectivity index (χ2n) is 8.11. The van der Waals surface area contributed by atoms with Crippen molar-refractivity contribution in [1.29, 1.82) is 0 Å². The Morgan fingerprint density at radius 3 is 2.79 bits per heavy atom. The Morgan fingerprint density at radius 2 is 2.07 bits per heavy atom. The molecular formula is C23H34N4O2. The van der Waals surface area contributed by atoms with E-state index in [1.165, 1.54) is 37.7 Å². The third-order valence-electron chi connectivity index (χ3n) is 5.64. The number of carbonyl (C=O) groups is 1. The van der Waals surface area contributed by atoms with Gasteiger partial charge in [0.05, 0.1) is 12.3 Å². The number of rotatable bonds is 9. The van der Waals surface area contributed by atoms with Crippen molar-refractivity contribution in [3.05, 3.63) is 47.3 Å². The Balaban J connectivity index is 1.39. The predicted molar refractivity (Wildman–Crippen MR) is 115 cm³/mol. The molecule has 0 spiro atoms. The summed E-state index contributed by atoms with van der Waals surface area (Å²) in [6, 6.07) is 10.9. The highest BCUT2D eigenvalue weighted by atomic mass is 16.5. The van der Waals surface area contributed by atoms with E-state index in [1.807, 2.05) is 13.0 Å². The minimum atomic E-state index is -0.0964. The summed E-state index contributed by atoms with van der Waals surface area (Å²) >= 11 is 0. The molecule has 3 rings (SSSR count). The molecule has 0 atom stereocenters. The predicted octanol–water partition coefficient (Wildman–Crippen LogP) is 3.69. The molecule has 1 fully saturated rings. The van der Waals surface area contributed by atoms with Crippen LogP contribution in [0.25, 0.3) is 0 Å². The van der Waals surface area contributed by atoms with Gasteiger partial charge in [0.2, 0.25) is 0 Å². The van der Waals surface area contributed by atoms with Crippen molar-refractivity contribution >= 4 is 5.91 Å².